The van der Waals surface area contributed by atoms with Crippen LogP contribution in [0.3, 0.4) is 0 Å². The number of hydrogen-bond acceptors (Lipinski definition) is 8. The molecule has 2 aromatic heterocycles. The summed E-state index contributed by atoms with van der Waals surface area (Å²) in [5.41, 5.74) is 2.25. The number of nitrogens with one attached hydrogen (secondary N) is 2. The number of hydrogen-bond donors (Lipinski definition) is 2. The van der Waals surface area contributed by atoms with E-state index in [9.17, 15) is 24.5 Å². The van der Waals surface area contributed by atoms with E-state index in [2.05, 4.69) is 20.5 Å². The van der Waals surface area contributed by atoms with Gasteiger partial charge in [0.05, 0.1) is 16.9 Å². The Kier molecular flexibility index (Phi) is 5.59. The van der Waals surface area contributed by atoms with Crippen molar-refractivity contribution in [3.63, 3.8) is 0 Å². The van der Waals surface area contributed by atoms with Gasteiger partial charge in [-0.05, 0) is 17.7 Å². The number of imidazole rings is 1. The molecule has 0 radical (unpaired) electrons. The number of fused-ring (bicyclic) bond motifs is 1. The van der Waals surface area contributed by atoms with E-state index in [1.807, 2.05) is 0 Å². The van der Waals surface area contributed by atoms with Gasteiger partial charge in [0.25, 0.3) is 17.2 Å². The highest BCUT2D eigenvalue weighted by Crippen LogP contribution is 2.16. The van der Waals surface area contributed by atoms with Crippen LogP contribution in [0.4, 0.5) is 5.69 Å². The molecule has 3 aromatic rings. The van der Waals surface area contributed by atoms with Gasteiger partial charge in [-0.3, -0.25) is 28.8 Å². The summed E-state index contributed by atoms with van der Waals surface area (Å²) < 4.78 is 2.21. The molecular weight excluding hydrogens is 402 g/mol. The number of benzene rings is 1. The predicted octanol–water partition coefficient (Wildman–Crippen LogP) is 0.111. The first-order valence-electron chi connectivity index (χ1n) is 8.13. The van der Waals surface area contributed by atoms with Gasteiger partial charge in [0, 0.05) is 26.2 Å². The maximum Gasteiger partial charge on any atom is 0.332 e. The van der Waals surface area contributed by atoms with Gasteiger partial charge in [0.15, 0.2) is 16.3 Å². The lowest BCUT2D eigenvalue weighted by Crippen LogP contribution is -2.36. The topological polar surface area (TPSA) is 157 Å². The minimum absolute atomic E-state index is 0.0360. The summed E-state index contributed by atoms with van der Waals surface area (Å²) in [6, 6.07) is 5.67. The second-order valence-corrected chi connectivity index (χ2v) is 6.84. The maximum absolute atomic E-state index is 12.1. The Morgan fingerprint density at radius 2 is 2.00 bits per heavy atom. The van der Waals surface area contributed by atoms with Crippen molar-refractivity contribution < 1.29 is 9.72 Å². The number of carbonyl (C=O) groups excluding carboxylic acids is 1. The first-order chi connectivity index (χ1) is 13.8. The fourth-order valence-electron chi connectivity index (χ4n) is 2.40. The standard InChI is InChI=1S/C16H15N7O5S/c1-21-13-12(14(25)22(2)16(21)26)18-15(19-13)29-8-11(24)20-17-7-9-3-5-10(6-4-9)23(27)28/h3-7H,8H2,1-2H3,(H,18,19)(H,20,24)/b17-7-. The van der Waals surface area contributed by atoms with Gasteiger partial charge in [-0.15, -0.1) is 0 Å². The third kappa shape index (κ3) is 4.24. The Morgan fingerprint density at radius 3 is 2.66 bits per heavy atom. The number of aromatic nitrogens is 4. The van der Waals surface area contributed by atoms with Gasteiger partial charge in [-0.2, -0.15) is 5.10 Å². The summed E-state index contributed by atoms with van der Waals surface area (Å²) in [6.07, 6.45) is 1.35. The first kappa shape index (κ1) is 20.0. The Hall–Kier alpha value is -3.74. The highest BCUT2D eigenvalue weighted by Gasteiger charge is 2.14. The van der Waals surface area contributed by atoms with E-state index in [0.29, 0.717) is 10.7 Å². The molecule has 1 aromatic carbocycles. The van der Waals surface area contributed by atoms with Crippen LogP contribution in [0.1, 0.15) is 5.56 Å². The van der Waals surface area contributed by atoms with E-state index in [4.69, 9.17) is 0 Å². The minimum Gasteiger partial charge on any atom is -0.327 e. The Bertz CT molecular complexity index is 1240. The van der Waals surface area contributed by atoms with Crippen LogP contribution < -0.4 is 16.7 Å². The van der Waals surface area contributed by atoms with Crippen LogP contribution in [-0.4, -0.2) is 41.9 Å². The second kappa shape index (κ2) is 8.10. The molecule has 0 aliphatic carbocycles. The van der Waals surface area contributed by atoms with Crippen molar-refractivity contribution >= 4 is 40.7 Å². The minimum atomic E-state index is -0.508. The lowest BCUT2D eigenvalue weighted by atomic mass is 10.2. The molecule has 0 unspecified atom stereocenters. The highest BCUT2D eigenvalue weighted by atomic mass is 32.2. The van der Waals surface area contributed by atoms with Crippen molar-refractivity contribution in [3.05, 3.63) is 60.8 Å². The molecule has 0 saturated heterocycles. The number of non-ortho nitro benzene ring substituents is 1. The van der Waals surface area contributed by atoms with Crippen molar-refractivity contribution in [2.45, 2.75) is 5.16 Å². The van der Waals surface area contributed by atoms with Crippen LogP contribution in [0.15, 0.2) is 44.1 Å². The number of amides is 1. The van der Waals surface area contributed by atoms with Gasteiger partial charge in [0.1, 0.15) is 0 Å². The Labute approximate surface area is 166 Å². The number of aryl methyl sites for hydroxylation is 1. The molecule has 0 saturated carbocycles. The molecule has 13 heteroatoms. The van der Waals surface area contributed by atoms with Crippen molar-refractivity contribution in [1.29, 1.82) is 0 Å². The normalized spacial score (nSPS) is 11.2. The summed E-state index contributed by atoms with van der Waals surface area (Å²) in [6.45, 7) is 0. The van der Waals surface area contributed by atoms with Crippen molar-refractivity contribution in [2.75, 3.05) is 5.75 Å². The van der Waals surface area contributed by atoms with Gasteiger partial charge in [0.2, 0.25) is 0 Å². The number of hydrazone groups is 1. The summed E-state index contributed by atoms with van der Waals surface area (Å²) >= 11 is 1.04. The number of nitro benzene ring substituents is 1. The summed E-state index contributed by atoms with van der Waals surface area (Å²) in [7, 11) is 2.87. The molecule has 0 aliphatic rings. The zero-order valence-electron chi connectivity index (χ0n) is 15.3. The predicted molar refractivity (Wildman–Crippen MR) is 106 cm³/mol. The molecule has 2 heterocycles. The van der Waals surface area contributed by atoms with Gasteiger partial charge in [-0.25, -0.2) is 15.2 Å². The molecule has 2 N–H and O–H groups in total. The van der Waals surface area contributed by atoms with E-state index >= 15 is 0 Å². The molecule has 0 aliphatic heterocycles. The molecule has 0 bridgehead atoms. The lowest BCUT2D eigenvalue weighted by molar-refractivity contribution is -0.384. The first-order valence-corrected chi connectivity index (χ1v) is 9.11. The quantitative estimate of drug-likeness (QED) is 0.249. The molecular formula is C16H15N7O5S. The molecule has 0 spiro atoms. The van der Waals surface area contributed by atoms with Crippen LogP contribution in [0.2, 0.25) is 0 Å². The van der Waals surface area contributed by atoms with Crippen LogP contribution in [0, 0.1) is 10.1 Å². The average Bonchev–Trinajstić information content (AvgIpc) is 3.14. The third-order valence-electron chi connectivity index (χ3n) is 3.92. The number of carbonyl (C=O) groups is 1. The van der Waals surface area contributed by atoms with E-state index < -0.39 is 22.1 Å². The van der Waals surface area contributed by atoms with E-state index in [-0.39, 0.29) is 22.6 Å². The van der Waals surface area contributed by atoms with Crippen LogP contribution in [-0.2, 0) is 18.9 Å². The second-order valence-electron chi connectivity index (χ2n) is 5.88. The number of nitrogens with zero attached hydrogens (tertiary/aromatic N) is 5. The fourth-order valence-corrected chi connectivity index (χ4v) is 3.06. The summed E-state index contributed by atoms with van der Waals surface area (Å²) in [5, 5.41) is 14.7. The average molecular weight is 417 g/mol. The molecule has 29 heavy (non-hydrogen) atoms. The highest BCUT2D eigenvalue weighted by molar-refractivity contribution is 7.99. The smallest absolute Gasteiger partial charge is 0.327 e. The van der Waals surface area contributed by atoms with Gasteiger partial charge >= 0.3 is 5.69 Å². The summed E-state index contributed by atoms with van der Waals surface area (Å²) in [5.74, 6) is -0.457. The Morgan fingerprint density at radius 1 is 1.31 bits per heavy atom. The van der Waals surface area contributed by atoms with E-state index in [0.717, 1.165) is 16.3 Å². The third-order valence-corrected chi connectivity index (χ3v) is 4.79. The van der Waals surface area contributed by atoms with E-state index in [1.165, 1.54) is 49.1 Å². The number of rotatable bonds is 6. The molecule has 3 rings (SSSR count). The largest absolute Gasteiger partial charge is 0.332 e. The van der Waals surface area contributed by atoms with Crippen LogP contribution in [0.5, 0.6) is 0 Å². The van der Waals surface area contributed by atoms with E-state index in [1.54, 1.807) is 0 Å². The van der Waals surface area contributed by atoms with Crippen LogP contribution in [0.25, 0.3) is 11.2 Å². The monoisotopic (exact) mass is 417 g/mol. The molecule has 0 atom stereocenters. The number of H-pyrrole nitrogens is 1. The molecule has 12 nitrogen and oxygen atoms in total. The number of thioether (sulfide) groups is 1. The van der Waals surface area contributed by atoms with Gasteiger partial charge in [-0.1, -0.05) is 11.8 Å². The number of nitro groups is 1. The lowest BCUT2D eigenvalue weighted by Gasteiger charge is -2.00. The maximum atomic E-state index is 12.1. The number of aromatic amines is 1. The van der Waals surface area contributed by atoms with Gasteiger partial charge < -0.3 is 4.98 Å². The fraction of sp³-hybridized carbons (Fsp3) is 0.188. The molecule has 150 valence electrons. The SMILES string of the molecule is Cn1c(=O)c2[nH]c(SCC(=O)N/N=C\c3ccc([N+](=O)[O-])cc3)nc2n(C)c1=O. The van der Waals surface area contributed by atoms with Crippen molar-refractivity contribution in [3.8, 4) is 0 Å². The van der Waals surface area contributed by atoms with Crippen molar-refractivity contribution in [2.24, 2.45) is 19.2 Å². The van der Waals surface area contributed by atoms with Crippen molar-refractivity contribution in [1.82, 2.24) is 24.5 Å². The molecule has 0 fully saturated rings. The zero-order valence-corrected chi connectivity index (χ0v) is 16.1. The van der Waals surface area contributed by atoms with Crippen LogP contribution >= 0.6 is 11.8 Å². The summed E-state index contributed by atoms with van der Waals surface area (Å²) in [4.78, 5) is 53.0. The molecule has 1 amide bonds. The Balaban J connectivity index is 1.61. The zero-order chi connectivity index (χ0) is 21.1.